The molecule has 0 spiro atoms. The lowest BCUT2D eigenvalue weighted by Gasteiger charge is -2.18. The lowest BCUT2D eigenvalue weighted by Crippen LogP contribution is -2.27. The van der Waals surface area contributed by atoms with Crippen LogP contribution in [0.4, 0.5) is 0 Å². The minimum Gasteiger partial charge on any atom is -0.486 e. The van der Waals surface area contributed by atoms with Gasteiger partial charge in [0.25, 0.3) is 0 Å². The van der Waals surface area contributed by atoms with Gasteiger partial charge in [-0.3, -0.25) is 9.00 Å². The van der Waals surface area contributed by atoms with Gasteiger partial charge in [0.05, 0.1) is 10.8 Å². The fourth-order valence-electron chi connectivity index (χ4n) is 2.05. The van der Waals surface area contributed by atoms with Gasteiger partial charge in [-0.1, -0.05) is 0 Å². The number of carbonyl (C=O) groups excluding carboxylic acids is 1. The monoisotopic (exact) mass is 362 g/mol. The quantitative estimate of drug-likeness (QED) is 0.677. The van der Waals surface area contributed by atoms with Crippen LogP contribution in [-0.4, -0.2) is 49.2 Å². The molecule has 2 N–H and O–H groups in total. The molecule has 1 atom stereocenters. The molecule has 0 radical (unpaired) electrons. The highest BCUT2D eigenvalue weighted by molar-refractivity contribution is 7.85. The molecule has 1 heterocycles. The van der Waals surface area contributed by atoms with Crippen LogP contribution in [0.2, 0.25) is 0 Å². The third-order valence-corrected chi connectivity index (χ3v) is 4.57. The fourth-order valence-corrected chi connectivity index (χ4v) is 3.11. The normalized spacial score (nSPS) is 13.8. The van der Waals surface area contributed by atoms with E-state index in [2.05, 4.69) is 10.6 Å². The van der Waals surface area contributed by atoms with Gasteiger partial charge in [-0.2, -0.15) is 0 Å². The molecule has 1 unspecified atom stereocenters. The number of amides is 1. The molecule has 2 rings (SSSR count). The van der Waals surface area contributed by atoms with Gasteiger partial charge in [-0.15, -0.1) is 12.4 Å². The number of nitrogens with one attached hydrogen (secondary N) is 2. The highest BCUT2D eigenvalue weighted by Gasteiger charge is 2.15. The van der Waals surface area contributed by atoms with Crippen molar-refractivity contribution in [2.75, 3.05) is 39.1 Å². The Labute approximate surface area is 145 Å². The molecule has 1 aromatic carbocycles. The van der Waals surface area contributed by atoms with Crippen LogP contribution in [-0.2, 0) is 15.6 Å². The number of benzene rings is 1. The topological polar surface area (TPSA) is 76.7 Å². The van der Waals surface area contributed by atoms with Gasteiger partial charge in [-0.05, 0) is 32.1 Å². The van der Waals surface area contributed by atoms with Gasteiger partial charge in [0.2, 0.25) is 5.91 Å². The molecule has 0 saturated carbocycles. The van der Waals surface area contributed by atoms with Gasteiger partial charge in [0.1, 0.15) is 13.2 Å². The molecule has 1 aromatic rings. The van der Waals surface area contributed by atoms with Crippen LogP contribution in [0, 0.1) is 0 Å². The van der Waals surface area contributed by atoms with Gasteiger partial charge in [0, 0.05) is 29.7 Å². The Morgan fingerprint density at radius 2 is 1.96 bits per heavy atom. The van der Waals surface area contributed by atoms with Crippen molar-refractivity contribution in [2.45, 2.75) is 17.7 Å². The molecule has 0 bridgehead atoms. The standard InChI is InChI=1S/C15H22N2O4S.ClH/c1-16-6-2-7-17-15(18)5-10-22(19)12-3-4-13-14(11-12)21-9-8-20-13;/h3-4,11,16H,2,5-10H2,1H3,(H,17,18);1H. The summed E-state index contributed by atoms with van der Waals surface area (Å²) in [7, 11) is 0.654. The molecule has 0 aromatic heterocycles. The first-order valence-electron chi connectivity index (χ1n) is 7.40. The molecule has 0 fully saturated rings. The molecule has 6 nitrogen and oxygen atoms in total. The number of hydrogen-bond donors (Lipinski definition) is 2. The van der Waals surface area contributed by atoms with Crippen molar-refractivity contribution < 1.29 is 18.5 Å². The van der Waals surface area contributed by atoms with Crippen molar-refractivity contribution in [3.63, 3.8) is 0 Å². The van der Waals surface area contributed by atoms with Gasteiger partial charge in [-0.25, -0.2) is 0 Å². The second-order valence-electron chi connectivity index (χ2n) is 4.91. The lowest BCUT2D eigenvalue weighted by atomic mass is 10.3. The van der Waals surface area contributed by atoms with E-state index in [-0.39, 0.29) is 24.7 Å². The van der Waals surface area contributed by atoms with E-state index in [4.69, 9.17) is 9.47 Å². The van der Waals surface area contributed by atoms with Crippen LogP contribution in [0.25, 0.3) is 0 Å². The maximum absolute atomic E-state index is 12.2. The Morgan fingerprint density at radius 1 is 1.22 bits per heavy atom. The Hall–Kier alpha value is -1.31. The van der Waals surface area contributed by atoms with E-state index >= 15 is 0 Å². The SMILES string of the molecule is CNCCCNC(=O)CCS(=O)c1ccc2c(c1)OCCO2.Cl. The fraction of sp³-hybridized carbons (Fsp3) is 0.533. The minimum atomic E-state index is -1.22. The Morgan fingerprint density at radius 3 is 2.70 bits per heavy atom. The highest BCUT2D eigenvalue weighted by Crippen LogP contribution is 2.31. The van der Waals surface area contributed by atoms with Crippen molar-refractivity contribution in [1.82, 2.24) is 10.6 Å². The second kappa shape index (κ2) is 10.5. The highest BCUT2D eigenvalue weighted by atomic mass is 35.5. The van der Waals surface area contributed by atoms with Crippen molar-refractivity contribution >= 4 is 29.1 Å². The van der Waals surface area contributed by atoms with E-state index in [1.54, 1.807) is 18.2 Å². The first-order valence-corrected chi connectivity index (χ1v) is 8.72. The number of rotatable bonds is 8. The largest absolute Gasteiger partial charge is 0.486 e. The van der Waals surface area contributed by atoms with E-state index in [1.807, 2.05) is 7.05 Å². The third-order valence-electron chi connectivity index (χ3n) is 3.22. The van der Waals surface area contributed by atoms with Crippen molar-refractivity contribution in [2.24, 2.45) is 0 Å². The molecular weight excluding hydrogens is 340 g/mol. The number of halogens is 1. The van der Waals surface area contributed by atoms with E-state index < -0.39 is 10.8 Å². The number of fused-ring (bicyclic) bond motifs is 1. The molecule has 1 aliphatic heterocycles. The molecule has 23 heavy (non-hydrogen) atoms. The minimum absolute atomic E-state index is 0. The lowest BCUT2D eigenvalue weighted by molar-refractivity contribution is -0.120. The summed E-state index contributed by atoms with van der Waals surface area (Å²) in [6, 6.07) is 5.25. The maximum atomic E-state index is 12.2. The van der Waals surface area contributed by atoms with E-state index in [0.29, 0.717) is 41.9 Å². The third kappa shape index (κ3) is 6.37. The van der Waals surface area contributed by atoms with Crippen LogP contribution in [0.5, 0.6) is 11.5 Å². The molecule has 8 heteroatoms. The zero-order chi connectivity index (χ0) is 15.8. The van der Waals surface area contributed by atoms with Gasteiger partial charge < -0.3 is 20.1 Å². The van der Waals surface area contributed by atoms with Crippen LogP contribution in [0.3, 0.4) is 0 Å². The number of hydrogen-bond acceptors (Lipinski definition) is 5. The van der Waals surface area contributed by atoms with E-state index in [1.165, 1.54) is 0 Å². The average molecular weight is 363 g/mol. The predicted octanol–water partition coefficient (Wildman–Crippen LogP) is 1.10. The summed E-state index contributed by atoms with van der Waals surface area (Å²) in [5, 5.41) is 5.83. The van der Waals surface area contributed by atoms with Crippen molar-refractivity contribution in [1.29, 1.82) is 0 Å². The van der Waals surface area contributed by atoms with E-state index in [9.17, 15) is 9.00 Å². The summed E-state index contributed by atoms with van der Waals surface area (Å²) in [6.45, 7) is 2.53. The first-order chi connectivity index (χ1) is 10.7. The average Bonchev–Trinajstić information content (AvgIpc) is 2.56. The zero-order valence-electron chi connectivity index (χ0n) is 13.1. The van der Waals surface area contributed by atoms with Gasteiger partial charge >= 0.3 is 0 Å². The van der Waals surface area contributed by atoms with Crippen LogP contribution >= 0.6 is 12.4 Å². The van der Waals surface area contributed by atoms with Gasteiger partial charge in [0.15, 0.2) is 11.5 Å². The maximum Gasteiger partial charge on any atom is 0.220 e. The Kier molecular flexibility index (Phi) is 8.98. The number of carbonyl (C=O) groups is 1. The molecule has 0 saturated heterocycles. The summed E-state index contributed by atoms with van der Waals surface area (Å²) >= 11 is 0. The molecule has 1 aliphatic rings. The summed E-state index contributed by atoms with van der Waals surface area (Å²) in [6.07, 6.45) is 1.13. The van der Waals surface area contributed by atoms with E-state index in [0.717, 1.165) is 13.0 Å². The molecule has 1 amide bonds. The summed E-state index contributed by atoms with van der Waals surface area (Å²) < 4.78 is 23.1. The summed E-state index contributed by atoms with van der Waals surface area (Å²) in [5.41, 5.74) is 0. The molecule has 0 aliphatic carbocycles. The Bertz CT molecular complexity index is 542. The Balaban J connectivity index is 0.00000264. The van der Waals surface area contributed by atoms with Crippen molar-refractivity contribution in [3.05, 3.63) is 18.2 Å². The summed E-state index contributed by atoms with van der Waals surface area (Å²) in [5.74, 6) is 1.53. The number of ether oxygens (including phenoxy) is 2. The summed E-state index contributed by atoms with van der Waals surface area (Å²) in [4.78, 5) is 12.3. The van der Waals surface area contributed by atoms with Crippen LogP contribution in [0.15, 0.2) is 23.1 Å². The van der Waals surface area contributed by atoms with Crippen LogP contribution in [0.1, 0.15) is 12.8 Å². The zero-order valence-corrected chi connectivity index (χ0v) is 14.8. The smallest absolute Gasteiger partial charge is 0.220 e. The molecular formula is C15H23ClN2O4S. The van der Waals surface area contributed by atoms with Crippen LogP contribution < -0.4 is 20.1 Å². The molecule has 130 valence electrons. The first kappa shape index (κ1) is 19.7. The van der Waals surface area contributed by atoms with Crippen molar-refractivity contribution in [3.8, 4) is 11.5 Å². The predicted molar refractivity (Wildman–Crippen MR) is 92.1 cm³/mol. The second-order valence-corrected chi connectivity index (χ2v) is 6.48.